The summed E-state index contributed by atoms with van der Waals surface area (Å²) in [5.74, 6) is 0. The highest BCUT2D eigenvalue weighted by molar-refractivity contribution is 5.89. The van der Waals surface area contributed by atoms with Crippen molar-refractivity contribution in [3.05, 3.63) is 0 Å². The van der Waals surface area contributed by atoms with E-state index in [4.69, 9.17) is 5.26 Å². The van der Waals surface area contributed by atoms with E-state index < -0.39 is 12.2 Å². The van der Waals surface area contributed by atoms with Gasteiger partial charge >= 0.3 is 12.2 Å². The van der Waals surface area contributed by atoms with Gasteiger partial charge in [0.05, 0.1) is 13.2 Å². The van der Waals surface area contributed by atoms with E-state index in [-0.39, 0.29) is 18.1 Å². The van der Waals surface area contributed by atoms with Gasteiger partial charge in [0, 0.05) is 0 Å². The summed E-state index contributed by atoms with van der Waals surface area (Å²) in [6.07, 6.45) is -0.694. The molecular weight excluding hydrogens is 176 g/mol. The molecule has 13 heavy (non-hydrogen) atoms. The Bertz CT molecular complexity index is 215. The van der Waals surface area contributed by atoms with Crippen molar-refractivity contribution in [3.63, 3.8) is 0 Å². The molecular formula is C7H10N2O4. The van der Waals surface area contributed by atoms with Crippen LogP contribution in [0.3, 0.4) is 0 Å². The number of nitriles is 1. The fraction of sp³-hybridized carbons (Fsp3) is 0.571. The Morgan fingerprint density at radius 1 is 1.23 bits per heavy atom. The molecule has 0 fully saturated rings. The summed E-state index contributed by atoms with van der Waals surface area (Å²) in [7, 11) is 0. The lowest BCUT2D eigenvalue weighted by Crippen LogP contribution is -2.33. The van der Waals surface area contributed by atoms with Gasteiger partial charge in [-0.2, -0.15) is 5.26 Å². The van der Waals surface area contributed by atoms with Gasteiger partial charge in [0.15, 0.2) is 6.19 Å². The molecule has 0 aliphatic carbocycles. The molecule has 0 saturated heterocycles. The molecule has 2 amide bonds. The van der Waals surface area contributed by atoms with Crippen molar-refractivity contribution in [2.45, 2.75) is 13.8 Å². The van der Waals surface area contributed by atoms with Crippen molar-refractivity contribution in [2.75, 3.05) is 13.2 Å². The van der Waals surface area contributed by atoms with Crippen molar-refractivity contribution in [1.29, 1.82) is 5.26 Å². The molecule has 0 rings (SSSR count). The molecule has 0 atom stereocenters. The highest BCUT2D eigenvalue weighted by Crippen LogP contribution is 1.96. The number of nitrogens with zero attached hydrogens (tertiary/aromatic N) is 2. The van der Waals surface area contributed by atoms with Gasteiger partial charge in [-0.1, -0.05) is 0 Å². The first-order chi connectivity index (χ1) is 6.17. The minimum atomic E-state index is -1.02. The van der Waals surface area contributed by atoms with Crippen LogP contribution in [0.5, 0.6) is 0 Å². The van der Waals surface area contributed by atoms with Crippen LogP contribution in [0, 0.1) is 11.5 Å². The maximum absolute atomic E-state index is 10.9. The number of carbonyl (C=O) groups excluding carboxylic acids is 2. The van der Waals surface area contributed by atoms with Crippen molar-refractivity contribution in [3.8, 4) is 6.19 Å². The maximum atomic E-state index is 10.9. The van der Waals surface area contributed by atoms with Gasteiger partial charge in [0.2, 0.25) is 0 Å². The van der Waals surface area contributed by atoms with E-state index >= 15 is 0 Å². The lowest BCUT2D eigenvalue weighted by Gasteiger charge is -2.10. The molecule has 0 spiro atoms. The second-order valence-corrected chi connectivity index (χ2v) is 1.83. The molecule has 0 aromatic heterocycles. The lowest BCUT2D eigenvalue weighted by molar-refractivity contribution is 0.0978. The van der Waals surface area contributed by atoms with Crippen molar-refractivity contribution < 1.29 is 19.1 Å². The average Bonchev–Trinajstić information content (AvgIpc) is 2.06. The van der Waals surface area contributed by atoms with Crippen LogP contribution >= 0.6 is 0 Å². The van der Waals surface area contributed by atoms with Crippen LogP contribution in [0.2, 0.25) is 0 Å². The first-order valence-corrected chi connectivity index (χ1v) is 3.70. The Balaban J connectivity index is 4.26. The fourth-order valence-corrected chi connectivity index (χ4v) is 0.532. The Hall–Kier alpha value is -1.77. The first kappa shape index (κ1) is 11.2. The summed E-state index contributed by atoms with van der Waals surface area (Å²) in [4.78, 5) is 22.0. The average molecular weight is 186 g/mol. The zero-order chi connectivity index (χ0) is 10.3. The molecule has 0 unspecified atom stereocenters. The summed E-state index contributed by atoms with van der Waals surface area (Å²) >= 11 is 0. The van der Waals surface area contributed by atoms with Crippen LogP contribution in [0.1, 0.15) is 13.8 Å². The lowest BCUT2D eigenvalue weighted by atomic mass is 10.8. The normalized spacial score (nSPS) is 8.38. The molecule has 72 valence electrons. The Morgan fingerprint density at radius 2 is 1.62 bits per heavy atom. The van der Waals surface area contributed by atoms with E-state index in [1.807, 2.05) is 0 Å². The zero-order valence-corrected chi connectivity index (χ0v) is 7.44. The smallest absolute Gasteiger partial charge is 0.433 e. The molecule has 6 heteroatoms. The summed E-state index contributed by atoms with van der Waals surface area (Å²) < 4.78 is 8.85. The largest absolute Gasteiger partial charge is 0.449 e. The van der Waals surface area contributed by atoms with Gasteiger partial charge in [0.25, 0.3) is 0 Å². The summed E-state index contributed by atoms with van der Waals surface area (Å²) in [5, 5.41) is 8.39. The summed E-state index contributed by atoms with van der Waals surface area (Å²) in [6, 6.07) is 0. The predicted molar refractivity (Wildman–Crippen MR) is 41.5 cm³/mol. The van der Waals surface area contributed by atoms with E-state index in [1.54, 1.807) is 13.8 Å². The standard InChI is InChI=1S/C7H10N2O4/c1-3-12-6(10)9(5-8)7(11)13-4-2/h3-4H2,1-2H3. The second-order valence-electron chi connectivity index (χ2n) is 1.83. The van der Waals surface area contributed by atoms with Crippen molar-refractivity contribution in [2.24, 2.45) is 0 Å². The van der Waals surface area contributed by atoms with E-state index in [0.29, 0.717) is 0 Å². The fourth-order valence-electron chi connectivity index (χ4n) is 0.532. The Kier molecular flexibility index (Phi) is 5.03. The number of hydrogen-bond acceptors (Lipinski definition) is 5. The third-order valence-electron chi connectivity index (χ3n) is 1.00. The molecule has 0 heterocycles. The maximum Gasteiger partial charge on any atom is 0.433 e. The van der Waals surface area contributed by atoms with Crippen molar-refractivity contribution in [1.82, 2.24) is 4.90 Å². The minimum Gasteiger partial charge on any atom is -0.449 e. The predicted octanol–water partition coefficient (Wildman–Crippen LogP) is 1.08. The quantitative estimate of drug-likeness (QED) is 0.476. The molecule has 0 radical (unpaired) electrons. The first-order valence-electron chi connectivity index (χ1n) is 3.70. The van der Waals surface area contributed by atoms with Gasteiger partial charge in [0.1, 0.15) is 0 Å². The van der Waals surface area contributed by atoms with Crippen molar-refractivity contribution >= 4 is 12.2 Å². The van der Waals surface area contributed by atoms with Crippen LogP contribution in [0.15, 0.2) is 0 Å². The molecule has 0 bridgehead atoms. The number of hydrogen-bond donors (Lipinski definition) is 0. The summed E-state index contributed by atoms with van der Waals surface area (Å²) in [6.45, 7) is 3.32. The van der Waals surface area contributed by atoms with Gasteiger partial charge in [-0.3, -0.25) is 0 Å². The molecule has 0 saturated carbocycles. The number of imide groups is 1. The number of carbonyl (C=O) groups is 2. The molecule has 0 aliphatic rings. The van der Waals surface area contributed by atoms with E-state index in [9.17, 15) is 9.59 Å². The molecule has 0 aromatic rings. The number of amides is 2. The Morgan fingerprint density at radius 3 is 1.85 bits per heavy atom. The van der Waals surface area contributed by atoms with E-state index in [0.717, 1.165) is 0 Å². The molecule has 0 N–H and O–H groups in total. The SMILES string of the molecule is CCOC(=O)N(C#N)C(=O)OCC. The summed E-state index contributed by atoms with van der Waals surface area (Å²) in [5.41, 5.74) is 0. The van der Waals surface area contributed by atoms with Gasteiger partial charge in [-0.15, -0.1) is 4.90 Å². The number of rotatable bonds is 2. The highest BCUT2D eigenvalue weighted by Gasteiger charge is 2.23. The number of ether oxygens (including phenoxy) is 2. The monoisotopic (exact) mass is 186 g/mol. The van der Waals surface area contributed by atoms with Crippen LogP contribution in [0.25, 0.3) is 0 Å². The van der Waals surface area contributed by atoms with Gasteiger partial charge in [-0.05, 0) is 13.8 Å². The van der Waals surface area contributed by atoms with E-state index in [1.165, 1.54) is 6.19 Å². The zero-order valence-electron chi connectivity index (χ0n) is 7.44. The van der Waals surface area contributed by atoms with Crippen LogP contribution in [-0.4, -0.2) is 30.3 Å². The third-order valence-corrected chi connectivity index (χ3v) is 1.00. The van der Waals surface area contributed by atoms with E-state index in [2.05, 4.69) is 9.47 Å². The van der Waals surface area contributed by atoms with Gasteiger partial charge in [-0.25, -0.2) is 9.59 Å². The molecule has 0 aliphatic heterocycles. The van der Waals surface area contributed by atoms with Crippen LogP contribution in [-0.2, 0) is 9.47 Å². The van der Waals surface area contributed by atoms with Crippen LogP contribution < -0.4 is 0 Å². The topological polar surface area (TPSA) is 79.6 Å². The molecule has 6 nitrogen and oxygen atoms in total. The minimum absolute atomic E-state index is 0.0937. The second kappa shape index (κ2) is 5.83. The van der Waals surface area contributed by atoms with Crippen LogP contribution in [0.4, 0.5) is 9.59 Å². The highest BCUT2D eigenvalue weighted by atomic mass is 16.6. The third kappa shape index (κ3) is 3.42. The van der Waals surface area contributed by atoms with Gasteiger partial charge < -0.3 is 9.47 Å². The Labute approximate surface area is 75.6 Å². The molecule has 0 aromatic carbocycles.